The molecule has 143 valence electrons. The van der Waals surface area contributed by atoms with Crippen LogP contribution in [0.3, 0.4) is 0 Å². The third kappa shape index (κ3) is 2.31. The molecule has 1 aliphatic carbocycles. The molecule has 0 bridgehead atoms. The van der Waals surface area contributed by atoms with E-state index in [0.717, 1.165) is 38.7 Å². The Labute approximate surface area is 186 Å². The topological polar surface area (TPSA) is 26.0 Å². The average molecular weight is 561 g/mol. The van der Waals surface area contributed by atoms with Gasteiger partial charge in [-0.2, -0.15) is 0 Å². The Bertz CT molecular complexity index is 1610. The third-order valence-electron chi connectivity index (χ3n) is 5.93. The Morgan fingerprint density at radius 3 is 2.33 bits per heavy atom. The van der Waals surface area contributed by atoms with Gasteiger partial charge in [0, 0.05) is 30.9 Å². The van der Waals surface area contributed by atoms with Crippen LogP contribution in [0.4, 0.5) is 0 Å². The van der Waals surface area contributed by atoms with E-state index in [1.807, 2.05) is 24.3 Å². The first-order valence-electron chi connectivity index (χ1n) is 9.74. The van der Waals surface area contributed by atoms with E-state index in [1.165, 1.54) is 27.6 Å². The molecule has 0 spiro atoms. The van der Waals surface area contributed by atoms with Crippen molar-refractivity contribution in [2.45, 2.75) is 0 Å². The molecule has 4 aromatic carbocycles. The second kappa shape index (κ2) is 6.37. The van der Waals surface area contributed by atoms with Gasteiger partial charge >= 0.3 is 0 Å². The minimum Gasteiger partial charge on any atom is -0.500 e. The summed E-state index contributed by atoms with van der Waals surface area (Å²) in [5, 5.41) is 3.46. The molecule has 0 unspecified atom stereocenters. The molecule has 0 fully saturated rings. The fraction of sp³-hybridized carbons (Fsp3) is 0. The van der Waals surface area contributed by atoms with Gasteiger partial charge in [0.05, 0.1) is 11.1 Å². The first-order valence-corrected chi connectivity index (χ1v) is 9.74. The summed E-state index contributed by atoms with van der Waals surface area (Å²) in [7, 11) is 0. The Morgan fingerprint density at radius 2 is 1.43 bits per heavy atom. The van der Waals surface area contributed by atoms with E-state index in [1.54, 1.807) is 0 Å². The van der Waals surface area contributed by atoms with Gasteiger partial charge in [0.1, 0.15) is 5.58 Å². The van der Waals surface area contributed by atoms with Gasteiger partial charge in [-0.05, 0) is 40.1 Å². The van der Waals surface area contributed by atoms with E-state index in [9.17, 15) is 0 Å². The van der Waals surface area contributed by atoms with Gasteiger partial charge in [0.2, 0.25) is 0 Å². The molecule has 0 saturated heterocycles. The fourth-order valence-corrected chi connectivity index (χ4v) is 4.63. The van der Waals surface area contributed by atoms with Gasteiger partial charge in [-0.1, -0.05) is 66.0 Å². The maximum atomic E-state index is 5.96. The average Bonchev–Trinajstić information content (AvgIpc) is 3.31. The van der Waals surface area contributed by atoms with Gasteiger partial charge < -0.3 is 4.42 Å². The van der Waals surface area contributed by atoms with Gasteiger partial charge in [-0.15, -0.1) is 23.8 Å². The van der Waals surface area contributed by atoms with Crippen LogP contribution in [0.15, 0.2) is 89.3 Å². The number of rotatable bonds is 1. The van der Waals surface area contributed by atoms with Crippen LogP contribution in [0.2, 0.25) is 0 Å². The first kappa shape index (κ1) is 17.6. The molecule has 6 aromatic rings. The predicted octanol–water partition coefficient (Wildman–Crippen LogP) is 7.25. The predicted molar refractivity (Wildman–Crippen MR) is 118 cm³/mol. The molecule has 1 radical (unpaired) electrons. The molecule has 0 saturated carbocycles. The van der Waals surface area contributed by atoms with E-state index >= 15 is 0 Å². The molecular weight excluding hydrogens is 547 g/mol. The van der Waals surface area contributed by atoms with Crippen molar-refractivity contribution in [3.8, 4) is 33.5 Å². The van der Waals surface area contributed by atoms with Crippen LogP contribution >= 0.6 is 0 Å². The molecule has 0 amide bonds. The van der Waals surface area contributed by atoms with Gasteiger partial charge in [0.15, 0.2) is 0 Å². The molecule has 2 nitrogen and oxygen atoms in total. The van der Waals surface area contributed by atoms with Crippen molar-refractivity contribution in [1.82, 2.24) is 4.98 Å². The van der Waals surface area contributed by atoms with Crippen LogP contribution in [0, 0.1) is 6.07 Å². The van der Waals surface area contributed by atoms with Crippen molar-refractivity contribution in [2.75, 3.05) is 0 Å². The Hall–Kier alpha value is -3.26. The second-order valence-electron chi connectivity index (χ2n) is 7.52. The number of para-hydroxylation sites is 1. The Balaban J connectivity index is 0.00000175. The normalized spacial score (nSPS) is 11.7. The maximum Gasteiger partial charge on any atom is 0.120 e. The molecule has 7 rings (SSSR count). The van der Waals surface area contributed by atoms with Crippen molar-refractivity contribution >= 4 is 32.8 Å². The number of aromatic nitrogens is 1. The molecular formula is C27H14IrNO-. The summed E-state index contributed by atoms with van der Waals surface area (Å²) >= 11 is 0. The molecule has 30 heavy (non-hydrogen) atoms. The molecule has 0 N–H and O–H groups in total. The molecule has 2 heterocycles. The molecule has 1 aliphatic rings. The zero-order valence-corrected chi connectivity index (χ0v) is 18.2. The number of fused-ring (bicyclic) bond motifs is 6. The number of furan rings is 1. The Morgan fingerprint density at radius 1 is 0.667 bits per heavy atom. The summed E-state index contributed by atoms with van der Waals surface area (Å²) in [4.78, 5) is 5.00. The number of nitrogens with zero attached hydrogens (tertiary/aromatic N) is 1. The van der Waals surface area contributed by atoms with Crippen LogP contribution in [0.25, 0.3) is 66.4 Å². The fourth-order valence-electron chi connectivity index (χ4n) is 4.63. The molecule has 0 atom stereocenters. The van der Waals surface area contributed by atoms with Crippen molar-refractivity contribution in [2.24, 2.45) is 0 Å². The monoisotopic (exact) mass is 561 g/mol. The van der Waals surface area contributed by atoms with E-state index in [4.69, 9.17) is 9.40 Å². The second-order valence-corrected chi connectivity index (χ2v) is 7.52. The summed E-state index contributed by atoms with van der Waals surface area (Å²) in [5.74, 6) is 0. The van der Waals surface area contributed by atoms with E-state index in [-0.39, 0.29) is 20.1 Å². The van der Waals surface area contributed by atoms with E-state index in [0.29, 0.717) is 0 Å². The summed E-state index contributed by atoms with van der Waals surface area (Å²) < 4.78 is 5.96. The number of pyridine rings is 1. The minimum absolute atomic E-state index is 0. The van der Waals surface area contributed by atoms with Crippen LogP contribution < -0.4 is 0 Å². The SMILES string of the molecule is [Ir].[c-]1cc2oc3ccccc3c2cc1-c1cc2c3c(cccc3n1)-c1ccccc1-2. The van der Waals surface area contributed by atoms with Crippen LogP contribution in [-0.4, -0.2) is 4.98 Å². The van der Waals surface area contributed by atoms with Crippen LogP contribution in [0.5, 0.6) is 0 Å². The van der Waals surface area contributed by atoms with E-state index in [2.05, 4.69) is 66.7 Å². The third-order valence-corrected chi connectivity index (χ3v) is 5.93. The summed E-state index contributed by atoms with van der Waals surface area (Å²) in [5.41, 5.74) is 9.78. The Kier molecular flexibility index (Phi) is 3.73. The summed E-state index contributed by atoms with van der Waals surface area (Å²) in [6.07, 6.45) is 0. The largest absolute Gasteiger partial charge is 0.500 e. The van der Waals surface area contributed by atoms with Gasteiger partial charge in [-0.25, -0.2) is 0 Å². The number of hydrogen-bond acceptors (Lipinski definition) is 2. The summed E-state index contributed by atoms with van der Waals surface area (Å²) in [6, 6.07) is 32.8. The minimum atomic E-state index is 0. The molecule has 2 aromatic heterocycles. The van der Waals surface area contributed by atoms with Crippen molar-refractivity contribution in [1.29, 1.82) is 0 Å². The number of benzene rings is 4. The van der Waals surface area contributed by atoms with Gasteiger partial charge in [0.25, 0.3) is 0 Å². The van der Waals surface area contributed by atoms with Crippen LogP contribution in [-0.2, 0) is 20.1 Å². The number of hydrogen-bond donors (Lipinski definition) is 0. The van der Waals surface area contributed by atoms with Crippen molar-refractivity contribution < 1.29 is 24.5 Å². The standard InChI is InChI=1S/C27H14NO.Ir/c1-2-7-18-17(6-1)20-9-5-10-23-27(20)22(18)15-24(28-23)16-12-13-26-21(14-16)19-8-3-4-11-25(19)29-26;/h1-11,13-15H;/q-1;. The summed E-state index contributed by atoms with van der Waals surface area (Å²) in [6.45, 7) is 0. The molecule has 3 heteroatoms. The van der Waals surface area contributed by atoms with Crippen molar-refractivity contribution in [3.63, 3.8) is 0 Å². The van der Waals surface area contributed by atoms with Gasteiger partial charge in [-0.3, -0.25) is 4.98 Å². The van der Waals surface area contributed by atoms with E-state index < -0.39 is 0 Å². The maximum absolute atomic E-state index is 5.96. The van der Waals surface area contributed by atoms with Crippen molar-refractivity contribution in [3.05, 3.63) is 91.0 Å². The first-order chi connectivity index (χ1) is 14.4. The van der Waals surface area contributed by atoms with Crippen LogP contribution in [0.1, 0.15) is 0 Å². The quantitative estimate of drug-likeness (QED) is 0.198. The zero-order valence-electron chi connectivity index (χ0n) is 15.8. The smallest absolute Gasteiger partial charge is 0.120 e. The zero-order chi connectivity index (χ0) is 18.9. The molecule has 0 aliphatic heterocycles.